The summed E-state index contributed by atoms with van der Waals surface area (Å²) in [5.74, 6) is 0.450. The number of esters is 1. The van der Waals surface area contributed by atoms with Gasteiger partial charge in [0, 0.05) is 5.92 Å². The van der Waals surface area contributed by atoms with E-state index in [0.717, 1.165) is 12.8 Å². The molecule has 24 heavy (non-hydrogen) atoms. The number of hydrogen-bond acceptors (Lipinski definition) is 4. The third-order valence-corrected chi connectivity index (χ3v) is 6.42. The van der Waals surface area contributed by atoms with Gasteiger partial charge in [0.2, 0.25) is 0 Å². The SMILES string of the molecule is CC(C)[C@H]1CC[C@H](C)C[C@@H]1OC(=O)[C@@]12C=C[C@H](O1)[C@H](C)C(=O)[C@@H]2C. The highest BCUT2D eigenvalue weighted by molar-refractivity contribution is 5.96. The molecule has 0 radical (unpaired) electrons. The van der Waals surface area contributed by atoms with Crippen molar-refractivity contribution in [2.24, 2.45) is 29.6 Å². The Morgan fingerprint density at radius 2 is 2.00 bits per heavy atom. The van der Waals surface area contributed by atoms with Crippen LogP contribution in [0.25, 0.3) is 0 Å². The number of rotatable bonds is 3. The lowest BCUT2D eigenvalue weighted by Gasteiger charge is -2.42. The maximum atomic E-state index is 13.0. The van der Waals surface area contributed by atoms with Gasteiger partial charge in [-0.3, -0.25) is 4.79 Å². The third kappa shape index (κ3) is 2.73. The van der Waals surface area contributed by atoms with Crippen molar-refractivity contribution >= 4 is 11.8 Å². The van der Waals surface area contributed by atoms with Gasteiger partial charge in [0.15, 0.2) is 5.60 Å². The molecule has 2 heterocycles. The summed E-state index contributed by atoms with van der Waals surface area (Å²) in [6, 6.07) is 0. The van der Waals surface area contributed by atoms with Crippen molar-refractivity contribution in [1.29, 1.82) is 0 Å². The van der Waals surface area contributed by atoms with Gasteiger partial charge in [0.25, 0.3) is 0 Å². The Hall–Kier alpha value is -1.16. The van der Waals surface area contributed by atoms with Crippen LogP contribution >= 0.6 is 0 Å². The number of ketones is 1. The number of fused-ring (bicyclic) bond motifs is 2. The minimum Gasteiger partial charge on any atom is -0.460 e. The van der Waals surface area contributed by atoms with Gasteiger partial charge in [-0.2, -0.15) is 0 Å². The van der Waals surface area contributed by atoms with E-state index in [1.807, 2.05) is 13.0 Å². The Bertz CT molecular complexity index is 552. The maximum Gasteiger partial charge on any atom is 0.343 e. The Morgan fingerprint density at radius 3 is 2.67 bits per heavy atom. The lowest BCUT2D eigenvalue weighted by molar-refractivity contribution is -0.196. The molecular weight excluding hydrogens is 304 g/mol. The quantitative estimate of drug-likeness (QED) is 0.585. The summed E-state index contributed by atoms with van der Waals surface area (Å²) >= 11 is 0. The van der Waals surface area contributed by atoms with Crippen LogP contribution in [-0.2, 0) is 19.1 Å². The molecule has 3 aliphatic rings. The van der Waals surface area contributed by atoms with E-state index in [1.54, 1.807) is 13.0 Å². The average molecular weight is 334 g/mol. The van der Waals surface area contributed by atoms with Gasteiger partial charge < -0.3 is 9.47 Å². The van der Waals surface area contributed by atoms with Gasteiger partial charge in [-0.05, 0) is 36.7 Å². The molecule has 0 aromatic rings. The molecule has 1 aliphatic carbocycles. The largest absolute Gasteiger partial charge is 0.460 e. The first-order valence-electron chi connectivity index (χ1n) is 9.38. The molecule has 7 atom stereocenters. The van der Waals surface area contributed by atoms with Gasteiger partial charge in [-0.1, -0.05) is 47.1 Å². The Kier molecular flexibility index (Phi) is 4.63. The normalized spacial score (nSPS) is 44.8. The zero-order valence-electron chi connectivity index (χ0n) is 15.5. The standard InChI is InChI=1S/C20H30O4/c1-11(2)15-7-6-12(3)10-17(15)23-19(22)20-9-8-16(24-20)13(4)18(21)14(20)5/h8-9,11-17H,6-7,10H2,1-5H3/t12-,13-,14-,15+,16-,17-,20-/m0/s1. The second kappa shape index (κ2) is 6.29. The fourth-order valence-electron chi connectivity index (χ4n) is 4.60. The molecule has 2 bridgehead atoms. The summed E-state index contributed by atoms with van der Waals surface area (Å²) in [4.78, 5) is 25.5. The smallest absolute Gasteiger partial charge is 0.343 e. The number of carbonyl (C=O) groups is 2. The summed E-state index contributed by atoms with van der Waals surface area (Å²) in [5, 5.41) is 0. The van der Waals surface area contributed by atoms with Crippen LogP contribution in [0.4, 0.5) is 0 Å². The molecule has 1 saturated heterocycles. The molecule has 2 fully saturated rings. The van der Waals surface area contributed by atoms with Crippen molar-refractivity contribution in [2.75, 3.05) is 0 Å². The minimum absolute atomic E-state index is 0.0756. The van der Waals surface area contributed by atoms with Crippen LogP contribution in [0.15, 0.2) is 12.2 Å². The minimum atomic E-state index is -1.21. The van der Waals surface area contributed by atoms with Crippen molar-refractivity contribution in [3.63, 3.8) is 0 Å². The second-order valence-corrected chi connectivity index (χ2v) is 8.42. The molecular formula is C20H30O4. The maximum absolute atomic E-state index is 13.0. The molecule has 1 saturated carbocycles. The first kappa shape index (κ1) is 17.7. The highest BCUT2D eigenvalue weighted by Gasteiger charge is 2.58. The molecule has 0 aromatic carbocycles. The van der Waals surface area contributed by atoms with Gasteiger partial charge >= 0.3 is 5.97 Å². The molecule has 2 aliphatic heterocycles. The molecule has 0 amide bonds. The van der Waals surface area contributed by atoms with E-state index in [0.29, 0.717) is 17.8 Å². The average Bonchev–Trinajstić information content (AvgIpc) is 2.95. The molecule has 3 rings (SSSR count). The lowest BCUT2D eigenvalue weighted by atomic mass is 9.75. The third-order valence-electron chi connectivity index (χ3n) is 6.42. The van der Waals surface area contributed by atoms with Crippen LogP contribution in [0.2, 0.25) is 0 Å². The van der Waals surface area contributed by atoms with E-state index in [1.165, 1.54) is 6.42 Å². The molecule has 0 N–H and O–H groups in total. The number of hydrogen-bond donors (Lipinski definition) is 0. The van der Waals surface area contributed by atoms with E-state index >= 15 is 0 Å². The lowest BCUT2D eigenvalue weighted by Crippen LogP contribution is -2.56. The summed E-state index contributed by atoms with van der Waals surface area (Å²) in [6.45, 7) is 10.2. The fraction of sp³-hybridized carbons (Fsp3) is 0.800. The zero-order valence-corrected chi connectivity index (χ0v) is 15.5. The molecule has 0 spiro atoms. The predicted molar refractivity (Wildman–Crippen MR) is 91.3 cm³/mol. The van der Waals surface area contributed by atoms with Crippen LogP contribution < -0.4 is 0 Å². The van der Waals surface area contributed by atoms with Crippen LogP contribution in [0.5, 0.6) is 0 Å². The van der Waals surface area contributed by atoms with Crippen molar-refractivity contribution in [3.05, 3.63) is 12.2 Å². The van der Waals surface area contributed by atoms with E-state index in [2.05, 4.69) is 20.8 Å². The zero-order chi connectivity index (χ0) is 17.6. The molecule has 4 heteroatoms. The summed E-state index contributed by atoms with van der Waals surface area (Å²) in [7, 11) is 0. The highest BCUT2D eigenvalue weighted by Crippen LogP contribution is 2.43. The fourth-order valence-corrected chi connectivity index (χ4v) is 4.60. The van der Waals surface area contributed by atoms with Gasteiger partial charge in [0.05, 0.1) is 12.0 Å². The summed E-state index contributed by atoms with van der Waals surface area (Å²) in [6.07, 6.45) is 6.43. The van der Waals surface area contributed by atoms with Crippen LogP contribution in [0.1, 0.15) is 53.9 Å². The Labute approximate surface area is 145 Å². The number of carbonyl (C=O) groups excluding carboxylic acids is 2. The van der Waals surface area contributed by atoms with Crippen LogP contribution in [-0.4, -0.2) is 29.6 Å². The summed E-state index contributed by atoms with van der Waals surface area (Å²) in [5.41, 5.74) is -1.21. The van der Waals surface area contributed by atoms with Gasteiger partial charge in [-0.15, -0.1) is 0 Å². The molecule has 0 unspecified atom stereocenters. The van der Waals surface area contributed by atoms with E-state index in [4.69, 9.17) is 9.47 Å². The van der Waals surface area contributed by atoms with Gasteiger partial charge in [0.1, 0.15) is 11.9 Å². The molecule has 4 nitrogen and oxygen atoms in total. The number of ether oxygens (including phenoxy) is 2. The van der Waals surface area contributed by atoms with Crippen molar-refractivity contribution in [1.82, 2.24) is 0 Å². The van der Waals surface area contributed by atoms with E-state index in [9.17, 15) is 9.59 Å². The van der Waals surface area contributed by atoms with E-state index < -0.39 is 11.5 Å². The topological polar surface area (TPSA) is 52.6 Å². The Balaban J connectivity index is 1.79. The van der Waals surface area contributed by atoms with Crippen molar-refractivity contribution in [2.45, 2.75) is 71.7 Å². The Morgan fingerprint density at radius 1 is 1.29 bits per heavy atom. The number of Topliss-reactive ketones (excluding diaryl/α,β-unsaturated/α-hetero) is 1. The van der Waals surface area contributed by atoms with Crippen LogP contribution in [0, 0.1) is 29.6 Å². The summed E-state index contributed by atoms with van der Waals surface area (Å²) < 4.78 is 12.0. The van der Waals surface area contributed by atoms with Crippen molar-refractivity contribution in [3.8, 4) is 0 Å². The van der Waals surface area contributed by atoms with E-state index in [-0.39, 0.29) is 29.9 Å². The van der Waals surface area contributed by atoms with Crippen LogP contribution in [0.3, 0.4) is 0 Å². The first-order chi connectivity index (χ1) is 11.3. The predicted octanol–water partition coefficient (Wildman–Crippen LogP) is 3.54. The molecule has 134 valence electrons. The highest BCUT2D eigenvalue weighted by atomic mass is 16.6. The molecule has 0 aromatic heterocycles. The monoisotopic (exact) mass is 334 g/mol. The van der Waals surface area contributed by atoms with Crippen molar-refractivity contribution < 1.29 is 19.1 Å². The second-order valence-electron chi connectivity index (χ2n) is 8.42. The first-order valence-corrected chi connectivity index (χ1v) is 9.38. The van der Waals surface area contributed by atoms with Gasteiger partial charge in [-0.25, -0.2) is 4.79 Å².